The van der Waals surface area contributed by atoms with Crippen LogP contribution in [0.2, 0.25) is 0 Å². The molecule has 144 valence electrons. The molecule has 0 aromatic carbocycles. The van der Waals surface area contributed by atoms with E-state index in [0.29, 0.717) is 13.2 Å². The zero-order valence-corrected chi connectivity index (χ0v) is 17.2. The lowest BCUT2D eigenvalue weighted by Gasteiger charge is -2.13. The third-order valence-corrected chi connectivity index (χ3v) is 3.66. The maximum absolute atomic E-state index is 5.72. The second-order valence-electron chi connectivity index (χ2n) is 5.62. The zero-order valence-electron chi connectivity index (χ0n) is 14.9. The first-order valence-corrected chi connectivity index (χ1v) is 8.62. The van der Waals surface area contributed by atoms with Crippen molar-refractivity contribution in [3.8, 4) is 0 Å². The molecule has 1 unspecified atom stereocenters. The molecule has 2 heterocycles. The van der Waals surface area contributed by atoms with E-state index < -0.39 is 0 Å². The Morgan fingerprint density at radius 2 is 2.08 bits per heavy atom. The summed E-state index contributed by atoms with van der Waals surface area (Å²) in [5.74, 6) is 1.66. The zero-order chi connectivity index (χ0) is 16.9. The van der Waals surface area contributed by atoms with E-state index in [4.69, 9.17) is 18.6 Å². The van der Waals surface area contributed by atoms with Crippen molar-refractivity contribution in [3.63, 3.8) is 0 Å². The number of ether oxygens (including phenoxy) is 3. The molecule has 1 aromatic rings. The topological polar surface area (TPSA) is 77.3 Å². The summed E-state index contributed by atoms with van der Waals surface area (Å²) in [6.07, 6.45) is 4.81. The van der Waals surface area contributed by atoms with Gasteiger partial charge in [-0.25, -0.2) is 0 Å². The van der Waals surface area contributed by atoms with Crippen LogP contribution in [0.25, 0.3) is 0 Å². The van der Waals surface area contributed by atoms with Crippen LogP contribution in [-0.4, -0.2) is 58.6 Å². The summed E-state index contributed by atoms with van der Waals surface area (Å²) in [7, 11) is 1.77. The van der Waals surface area contributed by atoms with Crippen LogP contribution < -0.4 is 10.6 Å². The third kappa shape index (κ3) is 10.0. The van der Waals surface area contributed by atoms with E-state index >= 15 is 0 Å². The molecule has 0 saturated carbocycles. The quantitative estimate of drug-likeness (QED) is 0.225. The molecule has 0 spiro atoms. The number of nitrogens with one attached hydrogen (secondary N) is 2. The van der Waals surface area contributed by atoms with Crippen molar-refractivity contribution in [2.24, 2.45) is 4.99 Å². The molecule has 0 radical (unpaired) electrons. The molecule has 2 rings (SSSR count). The van der Waals surface area contributed by atoms with Crippen molar-refractivity contribution >= 4 is 29.9 Å². The van der Waals surface area contributed by atoms with Crippen molar-refractivity contribution in [1.29, 1.82) is 0 Å². The number of aliphatic imine (C=N–C) groups is 1. The Kier molecular flexibility index (Phi) is 12.7. The Morgan fingerprint density at radius 1 is 1.28 bits per heavy atom. The van der Waals surface area contributed by atoms with Crippen molar-refractivity contribution in [1.82, 2.24) is 10.6 Å². The number of hydrogen-bond acceptors (Lipinski definition) is 5. The highest BCUT2D eigenvalue weighted by Crippen LogP contribution is 2.07. The molecule has 0 bridgehead atoms. The molecule has 8 heteroatoms. The Hall–Kier alpha value is -0.840. The average Bonchev–Trinajstić information content (AvgIpc) is 3.29. The van der Waals surface area contributed by atoms with Crippen molar-refractivity contribution < 1.29 is 18.6 Å². The van der Waals surface area contributed by atoms with E-state index in [2.05, 4.69) is 15.6 Å². The normalized spacial score (nSPS) is 17.3. The fourth-order valence-corrected chi connectivity index (χ4v) is 2.34. The fourth-order valence-electron chi connectivity index (χ4n) is 2.34. The Morgan fingerprint density at radius 3 is 2.72 bits per heavy atom. The molecule has 1 aliphatic heterocycles. The van der Waals surface area contributed by atoms with Gasteiger partial charge in [0.15, 0.2) is 5.96 Å². The van der Waals surface area contributed by atoms with Gasteiger partial charge in [-0.2, -0.15) is 0 Å². The first kappa shape index (κ1) is 22.2. The van der Waals surface area contributed by atoms with Gasteiger partial charge in [0.1, 0.15) is 12.4 Å². The Balaban J connectivity index is 0.00000312. The summed E-state index contributed by atoms with van der Waals surface area (Å²) in [5, 5.41) is 6.55. The van der Waals surface area contributed by atoms with E-state index in [1.165, 1.54) is 0 Å². The standard InChI is InChI=1S/C17H29N3O4.HI/c1-18-17(20-8-4-11-24-16-6-12-22-14-16)19-7-3-9-21-13-15-5-2-10-23-15;/h2,5,10,16H,3-4,6-9,11-14H2,1H3,(H2,18,19,20);1H. The second-order valence-corrected chi connectivity index (χ2v) is 5.62. The van der Waals surface area contributed by atoms with E-state index in [-0.39, 0.29) is 30.1 Å². The van der Waals surface area contributed by atoms with Crippen molar-refractivity contribution in [3.05, 3.63) is 24.2 Å². The van der Waals surface area contributed by atoms with Gasteiger partial charge < -0.3 is 29.3 Å². The van der Waals surface area contributed by atoms with Gasteiger partial charge in [0.05, 0.1) is 19.0 Å². The molecule has 25 heavy (non-hydrogen) atoms. The lowest BCUT2D eigenvalue weighted by Crippen LogP contribution is -2.38. The monoisotopic (exact) mass is 467 g/mol. The van der Waals surface area contributed by atoms with Crippen LogP contribution in [0.3, 0.4) is 0 Å². The van der Waals surface area contributed by atoms with Crippen LogP contribution in [-0.2, 0) is 20.8 Å². The molecule has 1 aromatic heterocycles. The molecule has 0 amide bonds. The van der Waals surface area contributed by atoms with Gasteiger partial charge in [-0.05, 0) is 31.4 Å². The van der Waals surface area contributed by atoms with Crippen LogP contribution in [0.1, 0.15) is 25.0 Å². The minimum atomic E-state index is 0. The molecule has 7 nitrogen and oxygen atoms in total. The summed E-state index contributed by atoms with van der Waals surface area (Å²) in [4.78, 5) is 4.20. The van der Waals surface area contributed by atoms with Gasteiger partial charge in [0, 0.05) is 40.0 Å². The van der Waals surface area contributed by atoms with Gasteiger partial charge >= 0.3 is 0 Å². The first-order valence-electron chi connectivity index (χ1n) is 8.62. The fraction of sp³-hybridized carbons (Fsp3) is 0.706. The summed E-state index contributed by atoms with van der Waals surface area (Å²) in [6, 6.07) is 3.77. The van der Waals surface area contributed by atoms with E-state index in [9.17, 15) is 0 Å². The average molecular weight is 467 g/mol. The summed E-state index contributed by atoms with van der Waals surface area (Å²) in [6.45, 7) is 5.16. The number of nitrogens with zero attached hydrogens (tertiary/aromatic N) is 1. The molecular formula is C17H30IN3O4. The predicted molar refractivity (Wildman–Crippen MR) is 108 cm³/mol. The number of halogens is 1. The van der Waals surface area contributed by atoms with Crippen molar-refractivity contribution in [2.45, 2.75) is 32.0 Å². The van der Waals surface area contributed by atoms with Crippen LogP contribution in [0, 0.1) is 0 Å². The van der Waals surface area contributed by atoms with Gasteiger partial charge in [-0.1, -0.05) is 0 Å². The van der Waals surface area contributed by atoms with Crippen molar-refractivity contribution in [2.75, 3.05) is 46.6 Å². The number of hydrogen-bond donors (Lipinski definition) is 2. The summed E-state index contributed by atoms with van der Waals surface area (Å²) >= 11 is 0. The summed E-state index contributed by atoms with van der Waals surface area (Å²) in [5.41, 5.74) is 0. The van der Waals surface area contributed by atoms with Crippen LogP contribution in [0.4, 0.5) is 0 Å². The number of furan rings is 1. The SMILES string of the molecule is CN=C(NCCCOCc1ccco1)NCCCOC1CCOC1.I. The maximum Gasteiger partial charge on any atom is 0.190 e. The van der Waals surface area contributed by atoms with Crippen LogP contribution in [0.5, 0.6) is 0 Å². The second kappa shape index (κ2) is 14.3. The highest BCUT2D eigenvalue weighted by atomic mass is 127. The van der Waals surface area contributed by atoms with E-state index in [0.717, 1.165) is 63.9 Å². The minimum absolute atomic E-state index is 0. The Labute approximate surface area is 166 Å². The van der Waals surface area contributed by atoms with E-state index in [1.54, 1.807) is 13.3 Å². The third-order valence-electron chi connectivity index (χ3n) is 3.66. The van der Waals surface area contributed by atoms with Gasteiger partial charge in [0.2, 0.25) is 0 Å². The minimum Gasteiger partial charge on any atom is -0.467 e. The lowest BCUT2D eigenvalue weighted by molar-refractivity contribution is 0.0420. The van der Waals surface area contributed by atoms with Crippen LogP contribution >= 0.6 is 24.0 Å². The highest BCUT2D eigenvalue weighted by Gasteiger charge is 2.15. The smallest absolute Gasteiger partial charge is 0.190 e. The van der Waals surface area contributed by atoms with Gasteiger partial charge in [-0.15, -0.1) is 24.0 Å². The molecular weight excluding hydrogens is 437 g/mol. The number of guanidine groups is 1. The number of rotatable bonds is 11. The van der Waals surface area contributed by atoms with E-state index in [1.807, 2.05) is 12.1 Å². The van der Waals surface area contributed by atoms with Gasteiger partial charge in [0.25, 0.3) is 0 Å². The lowest BCUT2D eigenvalue weighted by atomic mass is 10.3. The molecule has 1 fully saturated rings. The molecule has 0 aliphatic carbocycles. The highest BCUT2D eigenvalue weighted by molar-refractivity contribution is 14.0. The molecule has 1 atom stereocenters. The predicted octanol–water partition coefficient (Wildman–Crippen LogP) is 2.16. The molecule has 1 aliphatic rings. The summed E-state index contributed by atoms with van der Waals surface area (Å²) < 4.78 is 21.7. The maximum atomic E-state index is 5.72. The van der Waals surface area contributed by atoms with Gasteiger partial charge in [-0.3, -0.25) is 4.99 Å². The first-order chi connectivity index (χ1) is 11.9. The largest absolute Gasteiger partial charge is 0.467 e. The Bertz CT molecular complexity index is 451. The molecule has 1 saturated heterocycles. The van der Waals surface area contributed by atoms with Crippen LogP contribution in [0.15, 0.2) is 27.8 Å². The molecule has 2 N–H and O–H groups in total.